The van der Waals surface area contributed by atoms with Crippen LogP contribution < -0.4 is 0 Å². The van der Waals surface area contributed by atoms with E-state index in [-0.39, 0.29) is 18.0 Å². The average Bonchev–Trinajstić information content (AvgIpc) is 2.91. The van der Waals surface area contributed by atoms with Gasteiger partial charge in [0.1, 0.15) is 5.69 Å². The van der Waals surface area contributed by atoms with Gasteiger partial charge in [0.25, 0.3) is 0 Å². The number of aliphatic hydroxyl groups excluding tert-OH is 1. The Hall–Kier alpha value is -1.86. The molecule has 0 aliphatic carbocycles. The van der Waals surface area contributed by atoms with Crippen LogP contribution in [-0.2, 0) is 17.9 Å². The second kappa shape index (κ2) is 7.06. The summed E-state index contributed by atoms with van der Waals surface area (Å²) >= 11 is 1.67. The number of carbonyl (C=O) groups is 1. The molecule has 20 heavy (non-hydrogen) atoms. The van der Waals surface area contributed by atoms with Crippen LogP contribution in [0, 0.1) is 0 Å². The van der Waals surface area contributed by atoms with E-state index in [2.05, 4.69) is 14.9 Å². The van der Waals surface area contributed by atoms with E-state index in [0.29, 0.717) is 6.54 Å². The Morgan fingerprint density at radius 2 is 2.10 bits per heavy atom. The van der Waals surface area contributed by atoms with Crippen LogP contribution in [0.5, 0.6) is 0 Å². The number of ether oxygens (including phenoxy) is 1. The summed E-state index contributed by atoms with van der Waals surface area (Å²) in [6.07, 6.45) is 0. The van der Waals surface area contributed by atoms with Gasteiger partial charge in [-0.1, -0.05) is 18.2 Å². The van der Waals surface area contributed by atoms with E-state index in [1.807, 2.05) is 30.3 Å². The van der Waals surface area contributed by atoms with Crippen molar-refractivity contribution < 1.29 is 14.6 Å². The van der Waals surface area contributed by atoms with Gasteiger partial charge >= 0.3 is 5.97 Å². The minimum Gasteiger partial charge on any atom is -0.464 e. The zero-order chi connectivity index (χ0) is 14.4. The lowest BCUT2D eigenvalue weighted by Gasteiger charge is -2.00. The highest BCUT2D eigenvalue weighted by molar-refractivity contribution is 7.99. The first-order chi connectivity index (χ1) is 9.74. The normalized spacial score (nSPS) is 10.5. The molecule has 6 nitrogen and oxygen atoms in total. The number of carbonyl (C=O) groups excluding carboxylic acids is 1. The Kier molecular flexibility index (Phi) is 5.14. The van der Waals surface area contributed by atoms with Gasteiger partial charge in [-0.2, -0.15) is 9.90 Å². The van der Waals surface area contributed by atoms with Crippen LogP contribution in [0.1, 0.15) is 16.2 Å². The number of methoxy groups -OCH3 is 1. The molecule has 106 valence electrons. The van der Waals surface area contributed by atoms with E-state index in [4.69, 9.17) is 5.11 Å². The van der Waals surface area contributed by atoms with Crippen LogP contribution in [0.3, 0.4) is 0 Å². The Morgan fingerprint density at radius 1 is 1.35 bits per heavy atom. The fraction of sp³-hybridized carbons (Fsp3) is 0.308. The Bertz CT molecular complexity index is 571. The predicted octanol–water partition coefficient (Wildman–Crippen LogP) is 1.35. The largest absolute Gasteiger partial charge is 0.464 e. The molecule has 0 radical (unpaired) electrons. The van der Waals surface area contributed by atoms with Gasteiger partial charge in [-0.05, 0) is 12.1 Å². The molecule has 1 N–H and O–H groups in total. The molecule has 0 bridgehead atoms. The third-order valence-corrected chi connectivity index (χ3v) is 3.55. The molecule has 1 aromatic heterocycles. The quantitative estimate of drug-likeness (QED) is 0.640. The van der Waals surface area contributed by atoms with Crippen molar-refractivity contribution in [3.8, 4) is 0 Å². The number of rotatable bonds is 6. The Labute approximate surface area is 120 Å². The van der Waals surface area contributed by atoms with Gasteiger partial charge in [0, 0.05) is 10.6 Å². The van der Waals surface area contributed by atoms with Crippen molar-refractivity contribution in [2.75, 3.05) is 12.9 Å². The topological polar surface area (TPSA) is 77.2 Å². The highest BCUT2D eigenvalue weighted by Crippen LogP contribution is 2.17. The van der Waals surface area contributed by atoms with Crippen LogP contribution in [0.15, 0.2) is 35.2 Å². The van der Waals surface area contributed by atoms with Crippen LogP contribution in [0.2, 0.25) is 0 Å². The van der Waals surface area contributed by atoms with Crippen molar-refractivity contribution in [3.05, 3.63) is 41.7 Å². The molecule has 0 saturated heterocycles. The van der Waals surface area contributed by atoms with Gasteiger partial charge in [-0.25, -0.2) is 4.79 Å². The van der Waals surface area contributed by atoms with Crippen LogP contribution in [0.4, 0.5) is 0 Å². The molecular weight excluding hydrogens is 278 g/mol. The fourth-order valence-electron chi connectivity index (χ4n) is 1.61. The van der Waals surface area contributed by atoms with Crippen molar-refractivity contribution in [3.63, 3.8) is 0 Å². The zero-order valence-corrected chi connectivity index (χ0v) is 11.8. The number of hydrogen-bond acceptors (Lipinski definition) is 6. The van der Waals surface area contributed by atoms with E-state index in [9.17, 15) is 4.79 Å². The molecule has 1 aromatic carbocycles. The maximum atomic E-state index is 11.4. The zero-order valence-electron chi connectivity index (χ0n) is 11.0. The number of hydrogen-bond donors (Lipinski definition) is 1. The van der Waals surface area contributed by atoms with Crippen molar-refractivity contribution >= 4 is 17.7 Å². The number of aromatic nitrogens is 3. The second-order valence-electron chi connectivity index (χ2n) is 3.90. The standard InChI is InChI=1S/C13H15N3O3S/c1-19-13(18)12-11(9-17)14-16(15-12)7-8-20-10-5-3-2-4-6-10/h2-6,17H,7-9H2,1H3. The molecule has 0 aliphatic heterocycles. The van der Waals surface area contributed by atoms with Gasteiger partial charge in [-0.3, -0.25) is 0 Å². The molecule has 7 heteroatoms. The maximum absolute atomic E-state index is 11.4. The lowest BCUT2D eigenvalue weighted by Crippen LogP contribution is -2.07. The molecular formula is C13H15N3O3S. The first-order valence-corrected chi connectivity index (χ1v) is 7.04. The molecule has 0 saturated carbocycles. The van der Waals surface area contributed by atoms with Crippen molar-refractivity contribution in [2.24, 2.45) is 0 Å². The lowest BCUT2D eigenvalue weighted by molar-refractivity contribution is 0.0589. The SMILES string of the molecule is COC(=O)c1nn(CCSc2ccccc2)nc1CO. The number of aliphatic hydroxyl groups is 1. The summed E-state index contributed by atoms with van der Waals surface area (Å²) in [4.78, 5) is 14.0. The van der Waals surface area contributed by atoms with E-state index < -0.39 is 5.97 Å². The molecule has 1 heterocycles. The monoisotopic (exact) mass is 293 g/mol. The molecule has 2 aromatic rings. The maximum Gasteiger partial charge on any atom is 0.360 e. The molecule has 0 fully saturated rings. The van der Waals surface area contributed by atoms with Crippen molar-refractivity contribution in [1.29, 1.82) is 0 Å². The van der Waals surface area contributed by atoms with E-state index >= 15 is 0 Å². The summed E-state index contributed by atoms with van der Waals surface area (Å²) in [5.41, 5.74) is 0.307. The van der Waals surface area contributed by atoms with E-state index in [1.165, 1.54) is 11.9 Å². The summed E-state index contributed by atoms with van der Waals surface area (Å²) in [7, 11) is 1.27. The van der Waals surface area contributed by atoms with Gasteiger partial charge < -0.3 is 9.84 Å². The van der Waals surface area contributed by atoms with E-state index in [0.717, 1.165) is 10.6 Å². The summed E-state index contributed by atoms with van der Waals surface area (Å²) < 4.78 is 4.59. The molecule has 0 amide bonds. The number of nitrogens with zero attached hydrogens (tertiary/aromatic N) is 3. The van der Waals surface area contributed by atoms with Crippen LogP contribution >= 0.6 is 11.8 Å². The molecule has 0 aliphatic rings. The fourth-order valence-corrected chi connectivity index (χ4v) is 2.45. The third kappa shape index (κ3) is 3.58. The van der Waals surface area contributed by atoms with Crippen molar-refractivity contribution in [2.45, 2.75) is 18.0 Å². The summed E-state index contributed by atoms with van der Waals surface area (Å²) in [5, 5.41) is 17.3. The number of thioether (sulfide) groups is 1. The lowest BCUT2D eigenvalue weighted by atomic mass is 10.3. The second-order valence-corrected chi connectivity index (χ2v) is 5.07. The van der Waals surface area contributed by atoms with Gasteiger partial charge in [0.05, 0.1) is 20.3 Å². The summed E-state index contributed by atoms with van der Waals surface area (Å²) in [6.45, 7) is 0.208. The summed E-state index contributed by atoms with van der Waals surface area (Å²) in [5.74, 6) is 0.181. The average molecular weight is 293 g/mol. The first-order valence-electron chi connectivity index (χ1n) is 6.05. The number of esters is 1. The summed E-state index contributed by atoms with van der Waals surface area (Å²) in [6, 6.07) is 9.98. The van der Waals surface area contributed by atoms with Gasteiger partial charge in [0.2, 0.25) is 0 Å². The first kappa shape index (κ1) is 14.5. The van der Waals surface area contributed by atoms with E-state index in [1.54, 1.807) is 11.8 Å². The van der Waals surface area contributed by atoms with Crippen molar-refractivity contribution in [1.82, 2.24) is 15.0 Å². The third-order valence-electron chi connectivity index (χ3n) is 2.56. The minimum atomic E-state index is -0.587. The highest BCUT2D eigenvalue weighted by atomic mass is 32.2. The van der Waals surface area contributed by atoms with Gasteiger partial charge in [0.15, 0.2) is 5.69 Å². The predicted molar refractivity (Wildman–Crippen MR) is 74.5 cm³/mol. The smallest absolute Gasteiger partial charge is 0.360 e. The molecule has 0 atom stereocenters. The Morgan fingerprint density at radius 3 is 2.75 bits per heavy atom. The number of benzene rings is 1. The molecule has 0 unspecified atom stereocenters. The molecule has 2 rings (SSSR count). The molecule has 0 spiro atoms. The minimum absolute atomic E-state index is 0.0692. The number of aryl methyl sites for hydroxylation is 1. The van der Waals surface area contributed by atoms with Gasteiger partial charge in [-0.15, -0.1) is 16.9 Å². The van der Waals surface area contributed by atoms with Crippen LogP contribution in [0.25, 0.3) is 0 Å². The Balaban J connectivity index is 1.96. The van der Waals surface area contributed by atoms with Crippen LogP contribution in [-0.4, -0.2) is 38.9 Å². The highest BCUT2D eigenvalue weighted by Gasteiger charge is 2.18.